The quantitative estimate of drug-likeness (QED) is 0.562. The van der Waals surface area contributed by atoms with Crippen LogP contribution in [0.25, 0.3) is 0 Å². The Balaban J connectivity index is 1.81. The van der Waals surface area contributed by atoms with Crippen LogP contribution in [0.3, 0.4) is 0 Å². The van der Waals surface area contributed by atoms with Crippen LogP contribution >= 0.6 is 0 Å². The van der Waals surface area contributed by atoms with Crippen molar-refractivity contribution >= 4 is 5.91 Å². The molecule has 0 aromatic carbocycles. The molecule has 5 nitrogen and oxygen atoms in total. The zero-order valence-electron chi connectivity index (χ0n) is 11.0. The summed E-state index contributed by atoms with van der Waals surface area (Å²) in [6, 6.07) is -0.288. The lowest BCUT2D eigenvalue weighted by atomic mass is 9.73. The minimum absolute atomic E-state index is 0.0643. The van der Waals surface area contributed by atoms with Gasteiger partial charge in [-0.2, -0.15) is 0 Å². The van der Waals surface area contributed by atoms with E-state index in [1.807, 2.05) is 6.92 Å². The zero-order chi connectivity index (χ0) is 13.2. The van der Waals surface area contributed by atoms with E-state index in [9.17, 15) is 15.0 Å². The van der Waals surface area contributed by atoms with Crippen LogP contribution in [-0.4, -0.2) is 47.5 Å². The van der Waals surface area contributed by atoms with E-state index in [0.29, 0.717) is 19.5 Å². The summed E-state index contributed by atoms with van der Waals surface area (Å²) < 4.78 is 0. The predicted octanol–water partition coefficient (Wildman–Crippen LogP) is -0.233. The first-order valence-electron chi connectivity index (χ1n) is 6.88. The molecule has 1 aliphatic carbocycles. The third-order valence-electron chi connectivity index (χ3n) is 4.37. The topological polar surface area (TPSA) is 81.6 Å². The maximum absolute atomic E-state index is 11.9. The molecule has 1 amide bonds. The molecule has 1 saturated carbocycles. The Kier molecular flexibility index (Phi) is 4.25. The fourth-order valence-corrected chi connectivity index (χ4v) is 2.92. The number of β-amino-alcohol motifs (C(OH)–C–C–N with tert-alkyl or cyclic N) is 1. The van der Waals surface area contributed by atoms with Crippen LogP contribution in [0.1, 0.15) is 39.0 Å². The second-order valence-corrected chi connectivity index (χ2v) is 5.98. The highest BCUT2D eigenvalue weighted by molar-refractivity contribution is 5.82. The van der Waals surface area contributed by atoms with Gasteiger partial charge in [-0.1, -0.05) is 19.8 Å². The molecule has 4 atom stereocenters. The van der Waals surface area contributed by atoms with Gasteiger partial charge in [-0.3, -0.25) is 4.79 Å². The van der Waals surface area contributed by atoms with Crippen LogP contribution in [0.2, 0.25) is 0 Å². The molecule has 1 aliphatic heterocycles. The Morgan fingerprint density at radius 1 is 1.44 bits per heavy atom. The van der Waals surface area contributed by atoms with Gasteiger partial charge in [0.1, 0.15) is 0 Å². The van der Waals surface area contributed by atoms with Crippen molar-refractivity contribution in [2.24, 2.45) is 5.41 Å². The normalized spacial score (nSPS) is 40.7. The number of amides is 1. The minimum Gasteiger partial charge on any atom is -0.392 e. The third-order valence-corrected chi connectivity index (χ3v) is 4.37. The summed E-state index contributed by atoms with van der Waals surface area (Å²) in [5, 5.41) is 25.3. The molecule has 0 aromatic rings. The molecule has 0 radical (unpaired) electrons. The number of hydrogen-bond donors (Lipinski definition) is 4. The second kappa shape index (κ2) is 5.55. The van der Waals surface area contributed by atoms with Crippen molar-refractivity contribution in [3.05, 3.63) is 0 Å². The van der Waals surface area contributed by atoms with Gasteiger partial charge in [-0.25, -0.2) is 0 Å². The van der Waals surface area contributed by atoms with E-state index in [0.717, 1.165) is 25.7 Å². The molecule has 1 saturated heterocycles. The van der Waals surface area contributed by atoms with Crippen LogP contribution in [0.15, 0.2) is 0 Å². The van der Waals surface area contributed by atoms with Crippen molar-refractivity contribution in [3.63, 3.8) is 0 Å². The number of carbonyl (C=O) groups excluding carboxylic acids is 1. The first-order valence-corrected chi connectivity index (χ1v) is 6.88. The smallest absolute Gasteiger partial charge is 0.237 e. The van der Waals surface area contributed by atoms with Gasteiger partial charge in [-0.05, 0) is 19.3 Å². The molecule has 5 heteroatoms. The summed E-state index contributed by atoms with van der Waals surface area (Å²) in [6.07, 6.45) is 3.70. The summed E-state index contributed by atoms with van der Waals surface area (Å²) in [6.45, 7) is 3.04. The maximum atomic E-state index is 11.9. The van der Waals surface area contributed by atoms with Crippen LogP contribution in [-0.2, 0) is 4.79 Å². The van der Waals surface area contributed by atoms with E-state index >= 15 is 0 Å². The summed E-state index contributed by atoms with van der Waals surface area (Å²) in [7, 11) is 0. The zero-order valence-corrected chi connectivity index (χ0v) is 11.0. The van der Waals surface area contributed by atoms with Gasteiger partial charge >= 0.3 is 0 Å². The third kappa shape index (κ3) is 3.02. The Bertz CT molecular complexity index is 311. The van der Waals surface area contributed by atoms with E-state index in [1.54, 1.807) is 0 Å². The number of carbonyl (C=O) groups is 1. The average Bonchev–Trinajstić information content (AvgIpc) is 2.77. The molecule has 0 bridgehead atoms. The number of hydrogen-bond acceptors (Lipinski definition) is 4. The van der Waals surface area contributed by atoms with Gasteiger partial charge in [0.15, 0.2) is 0 Å². The lowest BCUT2D eigenvalue weighted by Crippen LogP contribution is -2.49. The van der Waals surface area contributed by atoms with Crippen molar-refractivity contribution in [3.8, 4) is 0 Å². The maximum Gasteiger partial charge on any atom is 0.237 e. The van der Waals surface area contributed by atoms with Gasteiger partial charge in [-0.15, -0.1) is 0 Å². The molecule has 18 heavy (non-hydrogen) atoms. The van der Waals surface area contributed by atoms with Gasteiger partial charge in [0.2, 0.25) is 5.91 Å². The van der Waals surface area contributed by atoms with Crippen molar-refractivity contribution in [2.75, 3.05) is 13.1 Å². The monoisotopic (exact) mass is 256 g/mol. The molecule has 2 aliphatic rings. The number of aliphatic hydroxyl groups is 2. The largest absolute Gasteiger partial charge is 0.392 e. The lowest BCUT2D eigenvalue weighted by Gasteiger charge is -2.38. The molecule has 2 fully saturated rings. The molecule has 0 spiro atoms. The van der Waals surface area contributed by atoms with Crippen molar-refractivity contribution in [2.45, 2.75) is 57.3 Å². The fraction of sp³-hybridized carbons (Fsp3) is 0.923. The SMILES string of the molecule is C[C@]1(CNC(=O)[C@@H]2C[C@H](O)CN2)CCCC[C@H]1O. The highest BCUT2D eigenvalue weighted by atomic mass is 16.3. The van der Waals surface area contributed by atoms with E-state index in [1.165, 1.54) is 0 Å². The van der Waals surface area contributed by atoms with Crippen molar-refractivity contribution in [1.82, 2.24) is 10.6 Å². The summed E-state index contributed by atoms with van der Waals surface area (Å²) >= 11 is 0. The minimum atomic E-state index is -0.420. The van der Waals surface area contributed by atoms with Gasteiger partial charge in [0.05, 0.1) is 18.2 Å². The molecule has 2 rings (SSSR count). The Morgan fingerprint density at radius 3 is 2.83 bits per heavy atom. The Hall–Kier alpha value is -0.650. The van der Waals surface area contributed by atoms with Gasteiger partial charge < -0.3 is 20.8 Å². The fourth-order valence-electron chi connectivity index (χ4n) is 2.92. The molecule has 0 aromatic heterocycles. The van der Waals surface area contributed by atoms with Crippen LogP contribution < -0.4 is 10.6 Å². The number of aliphatic hydroxyl groups excluding tert-OH is 2. The van der Waals surface area contributed by atoms with Crippen LogP contribution in [0.5, 0.6) is 0 Å². The van der Waals surface area contributed by atoms with Crippen molar-refractivity contribution in [1.29, 1.82) is 0 Å². The Morgan fingerprint density at radius 2 is 2.22 bits per heavy atom. The molecule has 104 valence electrons. The van der Waals surface area contributed by atoms with E-state index < -0.39 is 6.10 Å². The summed E-state index contributed by atoms with van der Waals surface area (Å²) in [5.74, 6) is -0.0643. The molecular formula is C13H24N2O3. The number of rotatable bonds is 3. The van der Waals surface area contributed by atoms with Gasteiger partial charge in [0.25, 0.3) is 0 Å². The standard InChI is InChI=1S/C13H24N2O3/c1-13(5-3-2-4-11(13)17)8-15-12(18)10-6-9(16)7-14-10/h9-11,14,16-17H,2-8H2,1H3,(H,15,18)/t9-,10-,11+,13+/m0/s1. The van der Waals surface area contributed by atoms with Crippen molar-refractivity contribution < 1.29 is 15.0 Å². The van der Waals surface area contributed by atoms with Crippen LogP contribution in [0, 0.1) is 5.41 Å². The predicted molar refractivity (Wildman–Crippen MR) is 68.0 cm³/mol. The van der Waals surface area contributed by atoms with E-state index in [2.05, 4.69) is 10.6 Å². The van der Waals surface area contributed by atoms with Crippen LogP contribution in [0.4, 0.5) is 0 Å². The molecule has 1 heterocycles. The molecular weight excluding hydrogens is 232 g/mol. The highest BCUT2D eigenvalue weighted by Gasteiger charge is 2.36. The summed E-state index contributed by atoms with van der Waals surface area (Å²) in [5.41, 5.74) is -0.203. The highest BCUT2D eigenvalue weighted by Crippen LogP contribution is 2.35. The molecule has 4 N–H and O–H groups in total. The van der Waals surface area contributed by atoms with Gasteiger partial charge in [0, 0.05) is 18.5 Å². The summed E-state index contributed by atoms with van der Waals surface area (Å²) in [4.78, 5) is 11.9. The lowest BCUT2D eigenvalue weighted by molar-refractivity contribution is -0.124. The van der Waals surface area contributed by atoms with E-state index in [-0.39, 0.29) is 23.5 Å². The van der Waals surface area contributed by atoms with E-state index in [4.69, 9.17) is 0 Å². The number of nitrogens with one attached hydrogen (secondary N) is 2. The first kappa shape index (κ1) is 13.8. The average molecular weight is 256 g/mol. The second-order valence-electron chi connectivity index (χ2n) is 5.98. The first-order chi connectivity index (χ1) is 8.51. The Labute approximate surface area is 108 Å². The molecule has 0 unspecified atom stereocenters.